The number of carboxylic acids is 1. The van der Waals surface area contributed by atoms with Crippen molar-refractivity contribution >= 4 is 23.1 Å². The number of nitriles is 1. The fourth-order valence-corrected chi connectivity index (χ4v) is 5.50. The Kier molecular flexibility index (Phi) is 7.31. The van der Waals surface area contributed by atoms with E-state index in [2.05, 4.69) is 16.3 Å². The summed E-state index contributed by atoms with van der Waals surface area (Å²) in [6.45, 7) is 8.39. The Morgan fingerprint density at radius 1 is 1.21 bits per heavy atom. The Morgan fingerprint density at radius 2 is 1.92 bits per heavy atom. The average Bonchev–Trinajstić information content (AvgIpc) is 2.93. The van der Waals surface area contributed by atoms with Crippen molar-refractivity contribution in [1.82, 2.24) is 14.3 Å². The first-order chi connectivity index (χ1) is 18.4. The van der Waals surface area contributed by atoms with E-state index in [-0.39, 0.29) is 17.2 Å². The van der Waals surface area contributed by atoms with Gasteiger partial charge in [-0.05, 0) is 50.5 Å². The van der Waals surface area contributed by atoms with Crippen molar-refractivity contribution in [2.24, 2.45) is 0 Å². The molecule has 0 amide bonds. The summed E-state index contributed by atoms with van der Waals surface area (Å²) in [7, 11) is 0. The average molecular weight is 517 g/mol. The molecule has 4 heterocycles. The Bertz CT molecular complexity index is 1450. The van der Waals surface area contributed by atoms with Gasteiger partial charge in [-0.3, -0.25) is 14.1 Å². The lowest BCUT2D eigenvalue weighted by Gasteiger charge is -2.41. The number of carbonyl (C=O) groups is 1. The highest BCUT2D eigenvalue weighted by Gasteiger charge is 2.28. The predicted octanol–water partition coefficient (Wildman–Crippen LogP) is 3.05. The van der Waals surface area contributed by atoms with E-state index < -0.39 is 11.5 Å². The van der Waals surface area contributed by atoms with Crippen LogP contribution in [0.15, 0.2) is 41.3 Å². The van der Waals surface area contributed by atoms with Crippen molar-refractivity contribution in [3.8, 4) is 6.07 Å². The SMILES string of the molecule is Cc1cc([C@@H](C)Nc2ccccc2C(=O)O)c2nc(N3CCN(C4CCOCC4)CC3)c(C#N)c(=O)n2c1. The number of nitrogens with one attached hydrogen (secondary N) is 1. The third-order valence-electron chi connectivity index (χ3n) is 7.50. The lowest BCUT2D eigenvalue weighted by molar-refractivity contribution is 0.0321. The standard InChI is InChI=1S/C28H32N6O4/c1-18-15-22(19(2)30-24-6-4-3-5-21(24)28(36)37)26-31-25(23(16-29)27(35)34(26)17-18)33-11-9-32(10-12-33)20-7-13-38-14-8-20/h3-6,15,17,19-20,30H,7-14H2,1-2H3,(H,36,37)/t19-/m1/s1. The van der Waals surface area contributed by atoms with Crippen molar-refractivity contribution < 1.29 is 14.6 Å². The molecule has 0 saturated carbocycles. The van der Waals surface area contributed by atoms with Crippen molar-refractivity contribution in [3.63, 3.8) is 0 Å². The number of para-hydroxylation sites is 1. The number of aryl methyl sites for hydroxylation is 1. The number of hydrogen-bond acceptors (Lipinski definition) is 8. The lowest BCUT2D eigenvalue weighted by atomic mass is 10.1. The van der Waals surface area contributed by atoms with E-state index in [9.17, 15) is 20.0 Å². The van der Waals surface area contributed by atoms with Gasteiger partial charge in [-0.15, -0.1) is 0 Å². The van der Waals surface area contributed by atoms with E-state index in [1.54, 1.807) is 30.5 Å². The van der Waals surface area contributed by atoms with Crippen LogP contribution in [0.3, 0.4) is 0 Å². The highest BCUT2D eigenvalue weighted by Crippen LogP contribution is 2.28. The number of carboxylic acid groups (broad SMARTS) is 1. The van der Waals surface area contributed by atoms with E-state index in [4.69, 9.17) is 9.72 Å². The van der Waals surface area contributed by atoms with Gasteiger partial charge in [0.15, 0.2) is 11.4 Å². The van der Waals surface area contributed by atoms with Crippen LogP contribution in [-0.2, 0) is 4.74 Å². The Morgan fingerprint density at radius 3 is 2.61 bits per heavy atom. The zero-order chi connectivity index (χ0) is 26.8. The van der Waals surface area contributed by atoms with Gasteiger partial charge in [-0.1, -0.05) is 12.1 Å². The minimum Gasteiger partial charge on any atom is -0.478 e. The summed E-state index contributed by atoms with van der Waals surface area (Å²) in [5.74, 6) is -0.614. The summed E-state index contributed by atoms with van der Waals surface area (Å²) >= 11 is 0. The molecule has 10 heteroatoms. The zero-order valence-corrected chi connectivity index (χ0v) is 21.7. The van der Waals surface area contributed by atoms with Crippen molar-refractivity contribution in [3.05, 3.63) is 69.1 Å². The molecule has 198 valence electrons. The van der Waals surface area contributed by atoms with E-state index in [0.29, 0.717) is 36.3 Å². The van der Waals surface area contributed by atoms with Crippen LogP contribution in [0.4, 0.5) is 11.5 Å². The largest absolute Gasteiger partial charge is 0.478 e. The molecule has 3 aromatic rings. The van der Waals surface area contributed by atoms with Crippen LogP contribution in [0.1, 0.15) is 52.9 Å². The number of piperazine rings is 1. The molecule has 2 aliphatic heterocycles. The summed E-state index contributed by atoms with van der Waals surface area (Å²) < 4.78 is 6.94. The summed E-state index contributed by atoms with van der Waals surface area (Å²) in [6, 6.07) is 10.9. The summed E-state index contributed by atoms with van der Waals surface area (Å²) in [4.78, 5) is 34.6. The van der Waals surface area contributed by atoms with Crippen molar-refractivity contribution in [2.45, 2.75) is 38.8 Å². The number of aromatic carboxylic acids is 1. The molecule has 5 rings (SSSR count). The number of anilines is 2. The number of ether oxygens (including phenoxy) is 1. The molecule has 2 aliphatic rings. The topological polar surface area (TPSA) is 123 Å². The Labute approximate surface area is 221 Å². The van der Waals surface area contributed by atoms with Gasteiger partial charge < -0.3 is 20.1 Å². The minimum atomic E-state index is -1.02. The molecule has 2 N–H and O–H groups in total. The molecule has 10 nitrogen and oxygen atoms in total. The van der Waals surface area contributed by atoms with Gasteiger partial charge in [0.05, 0.1) is 11.6 Å². The molecule has 0 radical (unpaired) electrons. The first kappa shape index (κ1) is 25.7. The van der Waals surface area contributed by atoms with Gasteiger partial charge in [-0.25, -0.2) is 9.78 Å². The maximum absolute atomic E-state index is 13.5. The van der Waals surface area contributed by atoms with Gasteiger partial charge in [0.1, 0.15) is 11.7 Å². The molecule has 0 aliphatic carbocycles. The molecule has 2 fully saturated rings. The lowest BCUT2D eigenvalue weighted by Crippen LogP contribution is -2.52. The van der Waals surface area contributed by atoms with Gasteiger partial charge >= 0.3 is 5.97 Å². The number of pyridine rings is 1. The second-order valence-corrected chi connectivity index (χ2v) is 9.98. The number of rotatable bonds is 6. The van der Waals surface area contributed by atoms with Crippen LogP contribution in [0.5, 0.6) is 0 Å². The number of benzene rings is 1. The highest BCUT2D eigenvalue weighted by atomic mass is 16.5. The second-order valence-electron chi connectivity index (χ2n) is 9.98. The maximum atomic E-state index is 13.5. The van der Waals surface area contributed by atoms with E-state index >= 15 is 0 Å². The molecular weight excluding hydrogens is 484 g/mol. The molecule has 0 unspecified atom stereocenters. The minimum absolute atomic E-state index is 0.0374. The normalized spacial score (nSPS) is 17.8. The van der Waals surface area contributed by atoms with Crippen LogP contribution in [0.25, 0.3) is 5.65 Å². The van der Waals surface area contributed by atoms with Crippen LogP contribution in [0.2, 0.25) is 0 Å². The number of fused-ring (bicyclic) bond motifs is 1. The number of nitrogens with zero attached hydrogens (tertiary/aromatic N) is 5. The third-order valence-corrected chi connectivity index (χ3v) is 7.50. The second kappa shape index (κ2) is 10.8. The molecule has 0 bridgehead atoms. The first-order valence-electron chi connectivity index (χ1n) is 13.0. The van der Waals surface area contributed by atoms with Crippen LogP contribution < -0.4 is 15.8 Å². The predicted molar refractivity (Wildman–Crippen MR) is 144 cm³/mol. The monoisotopic (exact) mass is 516 g/mol. The molecular formula is C28H32N6O4. The zero-order valence-electron chi connectivity index (χ0n) is 21.7. The summed E-state index contributed by atoms with van der Waals surface area (Å²) in [6.07, 6.45) is 3.75. The van der Waals surface area contributed by atoms with Crippen molar-refractivity contribution in [1.29, 1.82) is 5.26 Å². The van der Waals surface area contributed by atoms with Gasteiger partial charge in [-0.2, -0.15) is 5.26 Å². The number of hydrogen-bond donors (Lipinski definition) is 2. The third kappa shape index (κ3) is 4.95. The van der Waals surface area contributed by atoms with Crippen molar-refractivity contribution in [2.75, 3.05) is 49.6 Å². The highest BCUT2D eigenvalue weighted by molar-refractivity contribution is 5.94. The fourth-order valence-electron chi connectivity index (χ4n) is 5.50. The quantitative estimate of drug-likeness (QED) is 0.509. The fraction of sp³-hybridized carbons (Fsp3) is 0.429. The Hall–Kier alpha value is -3.94. The molecule has 2 aromatic heterocycles. The molecule has 1 aromatic carbocycles. The summed E-state index contributed by atoms with van der Waals surface area (Å²) in [5.41, 5.74) is 2.31. The van der Waals surface area contributed by atoms with Crippen LogP contribution in [0, 0.1) is 18.3 Å². The van der Waals surface area contributed by atoms with E-state index in [1.807, 2.05) is 24.8 Å². The maximum Gasteiger partial charge on any atom is 0.337 e. The number of aromatic nitrogens is 2. The molecule has 1 atom stereocenters. The van der Waals surface area contributed by atoms with E-state index in [0.717, 1.165) is 50.3 Å². The van der Waals surface area contributed by atoms with Gasteiger partial charge in [0.2, 0.25) is 0 Å². The first-order valence-corrected chi connectivity index (χ1v) is 13.0. The molecule has 2 saturated heterocycles. The van der Waals surface area contributed by atoms with Gasteiger partial charge in [0.25, 0.3) is 5.56 Å². The van der Waals surface area contributed by atoms with E-state index in [1.165, 1.54) is 4.40 Å². The Balaban J connectivity index is 1.50. The van der Waals surface area contributed by atoms with Crippen LogP contribution in [-0.4, -0.2) is 70.8 Å². The van der Waals surface area contributed by atoms with Crippen LogP contribution >= 0.6 is 0 Å². The molecule has 38 heavy (non-hydrogen) atoms. The molecule has 0 spiro atoms. The smallest absolute Gasteiger partial charge is 0.337 e. The summed E-state index contributed by atoms with van der Waals surface area (Å²) in [5, 5.41) is 22.8. The van der Waals surface area contributed by atoms with Gasteiger partial charge in [0, 0.05) is 62.9 Å².